The van der Waals surface area contributed by atoms with E-state index in [1.54, 1.807) is 22.8 Å². The molecule has 2 aliphatic heterocycles. The second-order valence-corrected chi connectivity index (χ2v) is 7.92. The Morgan fingerprint density at radius 2 is 1.93 bits per heavy atom. The van der Waals surface area contributed by atoms with Crippen molar-refractivity contribution in [2.45, 2.75) is 32.4 Å². The number of aryl methyl sites for hydroxylation is 1. The first-order chi connectivity index (χ1) is 14.6. The van der Waals surface area contributed by atoms with Crippen LogP contribution in [0.1, 0.15) is 28.8 Å². The van der Waals surface area contributed by atoms with Crippen molar-refractivity contribution >= 4 is 11.6 Å². The Hall–Kier alpha value is -2.80. The molecule has 0 N–H and O–H groups in total. The molecule has 2 fully saturated rings. The lowest BCUT2D eigenvalue weighted by atomic mass is 10.1. The molecule has 0 bridgehead atoms. The van der Waals surface area contributed by atoms with Gasteiger partial charge in [-0.2, -0.15) is 0 Å². The molecule has 4 rings (SSSR count). The monoisotopic (exact) mass is 411 g/mol. The number of amides is 1. The fraction of sp³-hybridized carbons (Fsp3) is 0.478. The summed E-state index contributed by atoms with van der Waals surface area (Å²) >= 11 is 0. The Morgan fingerprint density at radius 1 is 1.17 bits per heavy atom. The summed E-state index contributed by atoms with van der Waals surface area (Å²) in [4.78, 5) is 30.3. The van der Waals surface area contributed by atoms with E-state index < -0.39 is 0 Å². The standard InChI is InChI=1S/C23H29N3O4/c1-17-9-10-26(16-18-6-5-15-30-18)23(28)21(17)22(27)25-13-11-24(12-14-25)19-7-3-4-8-20(19)29-2/h3-4,7-10,18H,5-6,11-16H2,1-2H3. The largest absolute Gasteiger partial charge is 0.495 e. The van der Waals surface area contributed by atoms with Gasteiger partial charge in [-0.1, -0.05) is 12.1 Å². The first-order valence-corrected chi connectivity index (χ1v) is 10.6. The Balaban J connectivity index is 1.48. The zero-order chi connectivity index (χ0) is 21.1. The lowest BCUT2D eigenvalue weighted by Crippen LogP contribution is -2.50. The van der Waals surface area contributed by atoms with Crippen molar-refractivity contribution in [1.29, 1.82) is 0 Å². The summed E-state index contributed by atoms with van der Waals surface area (Å²) in [5.74, 6) is 0.645. The fourth-order valence-electron chi connectivity index (χ4n) is 4.28. The first-order valence-electron chi connectivity index (χ1n) is 10.6. The predicted octanol–water partition coefficient (Wildman–Crippen LogP) is 2.31. The number of para-hydroxylation sites is 2. The van der Waals surface area contributed by atoms with Gasteiger partial charge in [0.05, 0.1) is 25.4 Å². The zero-order valence-electron chi connectivity index (χ0n) is 17.7. The minimum atomic E-state index is -0.220. The number of methoxy groups -OCH3 is 1. The van der Waals surface area contributed by atoms with Crippen LogP contribution in [0.3, 0.4) is 0 Å². The summed E-state index contributed by atoms with van der Waals surface area (Å²) in [5.41, 5.74) is 1.81. The number of aromatic nitrogens is 1. The van der Waals surface area contributed by atoms with Gasteiger partial charge in [-0.05, 0) is 43.5 Å². The van der Waals surface area contributed by atoms with Gasteiger partial charge in [0.15, 0.2) is 0 Å². The number of ether oxygens (including phenoxy) is 2. The molecule has 2 aromatic rings. The maximum absolute atomic E-state index is 13.2. The van der Waals surface area contributed by atoms with E-state index in [1.807, 2.05) is 37.3 Å². The fourth-order valence-corrected chi connectivity index (χ4v) is 4.28. The molecule has 3 heterocycles. The minimum Gasteiger partial charge on any atom is -0.495 e. The Kier molecular flexibility index (Phi) is 6.08. The van der Waals surface area contributed by atoms with Gasteiger partial charge in [-0.3, -0.25) is 9.59 Å². The summed E-state index contributed by atoms with van der Waals surface area (Å²) in [7, 11) is 1.67. The Labute approximate surface area is 176 Å². The molecule has 1 amide bonds. The van der Waals surface area contributed by atoms with Crippen molar-refractivity contribution in [2.24, 2.45) is 0 Å². The van der Waals surface area contributed by atoms with E-state index >= 15 is 0 Å². The number of pyridine rings is 1. The Bertz CT molecular complexity index is 957. The number of rotatable bonds is 5. The van der Waals surface area contributed by atoms with E-state index in [0.717, 1.165) is 36.4 Å². The highest BCUT2D eigenvalue weighted by atomic mass is 16.5. The molecule has 0 saturated carbocycles. The average molecular weight is 412 g/mol. The molecule has 7 nitrogen and oxygen atoms in total. The van der Waals surface area contributed by atoms with Gasteiger partial charge in [-0.15, -0.1) is 0 Å². The van der Waals surface area contributed by atoms with Crippen LogP contribution in [0.4, 0.5) is 5.69 Å². The minimum absolute atomic E-state index is 0.0535. The maximum atomic E-state index is 13.2. The molecular formula is C23H29N3O4. The van der Waals surface area contributed by atoms with Crippen molar-refractivity contribution in [1.82, 2.24) is 9.47 Å². The second-order valence-electron chi connectivity index (χ2n) is 7.92. The van der Waals surface area contributed by atoms with Gasteiger partial charge in [0.2, 0.25) is 0 Å². The van der Waals surface area contributed by atoms with Gasteiger partial charge in [-0.25, -0.2) is 0 Å². The molecule has 1 aromatic heterocycles. The molecule has 30 heavy (non-hydrogen) atoms. The van der Waals surface area contributed by atoms with E-state index in [1.165, 1.54) is 0 Å². The number of benzene rings is 1. The lowest BCUT2D eigenvalue weighted by molar-refractivity contribution is 0.0740. The SMILES string of the molecule is COc1ccccc1N1CCN(C(=O)c2c(C)ccn(CC3CCCO3)c2=O)CC1. The van der Waals surface area contributed by atoms with Crippen LogP contribution in [0.5, 0.6) is 5.75 Å². The van der Waals surface area contributed by atoms with Crippen LogP contribution >= 0.6 is 0 Å². The molecule has 1 atom stereocenters. The number of carbonyl (C=O) groups is 1. The van der Waals surface area contributed by atoms with Crippen molar-refractivity contribution in [3.8, 4) is 5.75 Å². The van der Waals surface area contributed by atoms with E-state index in [-0.39, 0.29) is 23.1 Å². The molecular weight excluding hydrogens is 382 g/mol. The van der Waals surface area contributed by atoms with Crippen molar-refractivity contribution in [3.05, 3.63) is 58.0 Å². The number of hydrogen-bond acceptors (Lipinski definition) is 5. The molecule has 0 radical (unpaired) electrons. The highest BCUT2D eigenvalue weighted by Gasteiger charge is 2.27. The molecule has 2 aliphatic rings. The molecule has 160 valence electrons. The van der Waals surface area contributed by atoms with Crippen LogP contribution in [0.2, 0.25) is 0 Å². The van der Waals surface area contributed by atoms with Gasteiger partial charge in [0.1, 0.15) is 11.3 Å². The molecule has 1 unspecified atom stereocenters. The molecule has 1 aromatic carbocycles. The van der Waals surface area contributed by atoms with Gasteiger partial charge >= 0.3 is 0 Å². The van der Waals surface area contributed by atoms with Crippen LogP contribution in [0.25, 0.3) is 0 Å². The number of nitrogens with zero attached hydrogens (tertiary/aromatic N) is 3. The van der Waals surface area contributed by atoms with Gasteiger partial charge < -0.3 is 23.8 Å². The van der Waals surface area contributed by atoms with Gasteiger partial charge in [0, 0.05) is 39.0 Å². The van der Waals surface area contributed by atoms with Crippen LogP contribution < -0.4 is 15.2 Å². The highest BCUT2D eigenvalue weighted by Crippen LogP contribution is 2.28. The average Bonchev–Trinajstić information content (AvgIpc) is 3.29. The summed E-state index contributed by atoms with van der Waals surface area (Å²) < 4.78 is 12.8. The molecule has 0 spiro atoms. The van der Waals surface area contributed by atoms with Crippen molar-refractivity contribution in [2.75, 3.05) is 44.8 Å². The lowest BCUT2D eigenvalue weighted by Gasteiger charge is -2.36. The van der Waals surface area contributed by atoms with Crippen molar-refractivity contribution in [3.63, 3.8) is 0 Å². The molecule has 0 aliphatic carbocycles. The quantitative estimate of drug-likeness (QED) is 0.756. The molecule has 2 saturated heterocycles. The maximum Gasteiger partial charge on any atom is 0.263 e. The third kappa shape index (κ3) is 4.07. The smallest absolute Gasteiger partial charge is 0.263 e. The number of carbonyl (C=O) groups excluding carboxylic acids is 1. The number of anilines is 1. The summed E-state index contributed by atoms with van der Waals surface area (Å²) in [5, 5.41) is 0. The first kappa shape index (κ1) is 20.5. The third-order valence-corrected chi connectivity index (χ3v) is 6.00. The van der Waals surface area contributed by atoms with Crippen molar-refractivity contribution < 1.29 is 14.3 Å². The summed E-state index contributed by atoms with van der Waals surface area (Å²) in [6, 6.07) is 9.76. The topological polar surface area (TPSA) is 64.0 Å². The number of piperazine rings is 1. The highest BCUT2D eigenvalue weighted by molar-refractivity contribution is 5.95. The Morgan fingerprint density at radius 3 is 2.63 bits per heavy atom. The van der Waals surface area contributed by atoms with E-state index in [0.29, 0.717) is 32.7 Å². The van der Waals surface area contributed by atoms with E-state index in [2.05, 4.69) is 4.90 Å². The van der Waals surface area contributed by atoms with E-state index in [9.17, 15) is 9.59 Å². The number of hydrogen-bond donors (Lipinski definition) is 0. The van der Waals surface area contributed by atoms with Crippen LogP contribution in [-0.2, 0) is 11.3 Å². The molecule has 7 heteroatoms. The summed E-state index contributed by atoms with van der Waals surface area (Å²) in [6.07, 6.45) is 3.80. The van der Waals surface area contributed by atoms with Crippen LogP contribution in [0.15, 0.2) is 41.3 Å². The normalized spacial score (nSPS) is 19.2. The third-order valence-electron chi connectivity index (χ3n) is 6.00. The summed E-state index contributed by atoms with van der Waals surface area (Å²) in [6.45, 7) is 5.60. The van der Waals surface area contributed by atoms with Crippen LogP contribution in [-0.4, -0.2) is 61.4 Å². The zero-order valence-corrected chi connectivity index (χ0v) is 17.7. The predicted molar refractivity (Wildman–Crippen MR) is 116 cm³/mol. The second kappa shape index (κ2) is 8.92. The van der Waals surface area contributed by atoms with E-state index in [4.69, 9.17) is 9.47 Å². The van der Waals surface area contributed by atoms with Gasteiger partial charge in [0.25, 0.3) is 11.5 Å². The van der Waals surface area contributed by atoms with Crippen LogP contribution in [0, 0.1) is 6.92 Å².